The summed E-state index contributed by atoms with van der Waals surface area (Å²) in [5.74, 6) is -0.988. The van der Waals surface area contributed by atoms with Gasteiger partial charge in [0.1, 0.15) is 10.6 Å². The number of ether oxygens (including phenoxy) is 1. The summed E-state index contributed by atoms with van der Waals surface area (Å²) in [6, 6.07) is 2.54. The summed E-state index contributed by atoms with van der Waals surface area (Å²) in [6.07, 6.45) is 1.06. The fourth-order valence-corrected chi connectivity index (χ4v) is 2.38. The third-order valence-electron chi connectivity index (χ3n) is 2.29. The fraction of sp³-hybridized carbons (Fsp3) is 0.364. The first-order valence-electron chi connectivity index (χ1n) is 4.98. The van der Waals surface area contributed by atoms with Crippen LogP contribution in [0.2, 0.25) is 0 Å². The Balaban J connectivity index is 3.56. The Morgan fingerprint density at radius 2 is 2.00 bits per heavy atom. The Hall–Kier alpha value is -1.56. The molecule has 0 unspecified atom stereocenters. The van der Waals surface area contributed by atoms with Gasteiger partial charge in [-0.25, -0.2) is 13.2 Å². The quantitative estimate of drug-likeness (QED) is 0.885. The van der Waals surface area contributed by atoms with E-state index in [9.17, 15) is 13.2 Å². The molecule has 17 heavy (non-hydrogen) atoms. The van der Waals surface area contributed by atoms with Gasteiger partial charge in [-0.2, -0.15) is 0 Å². The normalized spacial score (nSPS) is 11.2. The zero-order valence-corrected chi connectivity index (χ0v) is 10.7. The van der Waals surface area contributed by atoms with Crippen molar-refractivity contribution in [3.8, 4) is 5.75 Å². The molecule has 0 aliphatic rings. The highest BCUT2D eigenvalue weighted by Gasteiger charge is 2.20. The number of carbonyl (C=O) groups is 1. The average Bonchev–Trinajstić information content (AvgIpc) is 2.18. The number of hydrogen-bond donors (Lipinski definition) is 1. The maximum Gasteiger partial charge on any atom is 0.336 e. The van der Waals surface area contributed by atoms with Gasteiger partial charge < -0.3 is 9.84 Å². The van der Waals surface area contributed by atoms with Crippen molar-refractivity contribution in [3.05, 3.63) is 23.3 Å². The Morgan fingerprint density at radius 3 is 2.41 bits per heavy atom. The first-order chi connectivity index (χ1) is 7.79. The lowest BCUT2D eigenvalue weighted by atomic mass is 10.1. The molecule has 0 saturated heterocycles. The first-order valence-corrected chi connectivity index (χ1v) is 6.88. The lowest BCUT2D eigenvalue weighted by Crippen LogP contribution is -2.08. The molecular weight excluding hydrogens is 244 g/mol. The van der Waals surface area contributed by atoms with Crippen LogP contribution in [0, 0.1) is 6.92 Å². The Labute approximate surface area is 100.0 Å². The lowest BCUT2D eigenvalue weighted by Gasteiger charge is -2.13. The van der Waals surface area contributed by atoms with E-state index in [1.807, 2.05) is 0 Å². The van der Waals surface area contributed by atoms with Gasteiger partial charge in [0.05, 0.1) is 12.2 Å². The molecule has 1 aromatic rings. The van der Waals surface area contributed by atoms with E-state index in [1.54, 1.807) is 6.92 Å². The van der Waals surface area contributed by atoms with E-state index in [0.717, 1.165) is 6.26 Å². The van der Waals surface area contributed by atoms with Crippen molar-refractivity contribution in [1.29, 1.82) is 0 Å². The molecule has 0 aliphatic heterocycles. The van der Waals surface area contributed by atoms with Gasteiger partial charge in [-0.1, -0.05) is 0 Å². The predicted molar refractivity (Wildman–Crippen MR) is 62.4 cm³/mol. The summed E-state index contributed by atoms with van der Waals surface area (Å²) >= 11 is 0. The van der Waals surface area contributed by atoms with Gasteiger partial charge in [0.2, 0.25) is 0 Å². The molecule has 0 aromatic heterocycles. The van der Waals surface area contributed by atoms with Crippen LogP contribution in [0.25, 0.3) is 0 Å². The number of aromatic carboxylic acids is 1. The highest BCUT2D eigenvalue weighted by molar-refractivity contribution is 7.90. The minimum Gasteiger partial charge on any atom is -0.492 e. The van der Waals surface area contributed by atoms with Crippen molar-refractivity contribution in [2.45, 2.75) is 18.7 Å². The molecule has 5 nitrogen and oxygen atoms in total. The fourth-order valence-electron chi connectivity index (χ4n) is 1.51. The summed E-state index contributed by atoms with van der Waals surface area (Å²) < 4.78 is 28.3. The van der Waals surface area contributed by atoms with Crippen molar-refractivity contribution >= 4 is 15.8 Å². The highest BCUT2D eigenvalue weighted by atomic mass is 32.2. The van der Waals surface area contributed by atoms with Crippen LogP contribution in [-0.4, -0.2) is 32.4 Å². The molecule has 0 heterocycles. The number of carboxylic acid groups (broad SMARTS) is 1. The average molecular weight is 258 g/mol. The van der Waals surface area contributed by atoms with Crippen molar-refractivity contribution in [3.63, 3.8) is 0 Å². The van der Waals surface area contributed by atoms with E-state index in [0.29, 0.717) is 5.56 Å². The first kappa shape index (κ1) is 13.5. The predicted octanol–water partition coefficient (Wildman–Crippen LogP) is 1.50. The van der Waals surface area contributed by atoms with Crippen LogP contribution in [-0.2, 0) is 9.84 Å². The molecule has 94 valence electrons. The van der Waals surface area contributed by atoms with Gasteiger partial charge >= 0.3 is 5.97 Å². The maximum atomic E-state index is 11.5. The van der Waals surface area contributed by atoms with Crippen LogP contribution in [0.5, 0.6) is 5.75 Å². The molecular formula is C11H14O5S. The van der Waals surface area contributed by atoms with E-state index in [4.69, 9.17) is 9.84 Å². The third-order valence-corrected chi connectivity index (χ3v) is 3.41. The summed E-state index contributed by atoms with van der Waals surface area (Å²) in [7, 11) is -3.44. The molecule has 0 atom stereocenters. The van der Waals surface area contributed by atoms with E-state index in [1.165, 1.54) is 19.1 Å². The molecule has 0 amide bonds. The Kier molecular flexibility index (Phi) is 3.77. The SMILES string of the molecule is CCOc1c(S(C)(=O)=O)ccc(C(=O)O)c1C. The Morgan fingerprint density at radius 1 is 1.41 bits per heavy atom. The lowest BCUT2D eigenvalue weighted by molar-refractivity contribution is 0.0695. The van der Waals surface area contributed by atoms with Gasteiger partial charge in [-0.05, 0) is 26.0 Å². The van der Waals surface area contributed by atoms with E-state index < -0.39 is 15.8 Å². The van der Waals surface area contributed by atoms with Crippen molar-refractivity contribution in [2.75, 3.05) is 12.9 Å². The van der Waals surface area contributed by atoms with Gasteiger partial charge in [-0.3, -0.25) is 0 Å². The number of hydrogen-bond acceptors (Lipinski definition) is 4. The molecule has 1 rings (SSSR count). The van der Waals surface area contributed by atoms with E-state index in [2.05, 4.69) is 0 Å². The van der Waals surface area contributed by atoms with Gasteiger partial charge in [-0.15, -0.1) is 0 Å². The summed E-state index contributed by atoms with van der Waals surface area (Å²) in [5, 5.41) is 8.95. The molecule has 0 aliphatic carbocycles. The Bertz CT molecular complexity index is 545. The molecule has 1 aromatic carbocycles. The van der Waals surface area contributed by atoms with Crippen molar-refractivity contribution in [1.82, 2.24) is 0 Å². The van der Waals surface area contributed by atoms with Gasteiger partial charge in [0.15, 0.2) is 9.84 Å². The molecule has 0 fully saturated rings. The van der Waals surface area contributed by atoms with Crippen LogP contribution < -0.4 is 4.74 Å². The summed E-state index contributed by atoms with van der Waals surface area (Å²) in [4.78, 5) is 10.9. The van der Waals surface area contributed by atoms with Gasteiger partial charge in [0.25, 0.3) is 0 Å². The third kappa shape index (κ3) is 2.76. The number of rotatable bonds is 4. The largest absolute Gasteiger partial charge is 0.492 e. The zero-order valence-electron chi connectivity index (χ0n) is 9.85. The molecule has 0 radical (unpaired) electrons. The van der Waals surface area contributed by atoms with Crippen molar-refractivity contribution < 1.29 is 23.1 Å². The molecule has 1 N–H and O–H groups in total. The topological polar surface area (TPSA) is 80.7 Å². The number of sulfone groups is 1. The minimum atomic E-state index is -3.44. The minimum absolute atomic E-state index is 0.0156. The maximum absolute atomic E-state index is 11.5. The van der Waals surface area contributed by atoms with Crippen LogP contribution in [0.15, 0.2) is 17.0 Å². The number of benzene rings is 1. The zero-order chi connectivity index (χ0) is 13.2. The molecule has 0 bridgehead atoms. The van der Waals surface area contributed by atoms with Crippen LogP contribution in [0.4, 0.5) is 0 Å². The van der Waals surface area contributed by atoms with Crippen LogP contribution in [0.3, 0.4) is 0 Å². The van der Waals surface area contributed by atoms with E-state index >= 15 is 0 Å². The van der Waals surface area contributed by atoms with Crippen LogP contribution >= 0.6 is 0 Å². The van der Waals surface area contributed by atoms with Crippen molar-refractivity contribution in [2.24, 2.45) is 0 Å². The monoisotopic (exact) mass is 258 g/mol. The molecule has 0 spiro atoms. The van der Waals surface area contributed by atoms with Gasteiger partial charge in [0, 0.05) is 11.8 Å². The second kappa shape index (κ2) is 4.75. The standard InChI is InChI=1S/C11H14O5S/c1-4-16-10-7(2)8(11(12)13)5-6-9(10)17(3,14)15/h5-6H,4H2,1-3H3,(H,12,13). The second-order valence-corrected chi connectivity index (χ2v) is 5.56. The molecule has 6 heteroatoms. The summed E-state index contributed by atoms with van der Waals surface area (Å²) in [6.45, 7) is 3.51. The molecule has 0 saturated carbocycles. The highest BCUT2D eigenvalue weighted by Crippen LogP contribution is 2.30. The van der Waals surface area contributed by atoms with E-state index in [-0.39, 0.29) is 22.8 Å². The number of carboxylic acids is 1. The smallest absolute Gasteiger partial charge is 0.336 e. The van der Waals surface area contributed by atoms with Crippen LogP contribution in [0.1, 0.15) is 22.8 Å². The second-order valence-electron chi connectivity index (χ2n) is 3.58. The summed E-state index contributed by atoms with van der Waals surface area (Å²) in [5.41, 5.74) is 0.364.